The zero-order valence-corrected chi connectivity index (χ0v) is 11.3. The number of aliphatic hydroxyl groups excluding tert-OH is 1. The molecule has 0 saturated heterocycles. The fraction of sp³-hybridized carbons (Fsp3) is 0.917. The predicted octanol–water partition coefficient (Wildman–Crippen LogP) is 1.05. The second-order valence-electron chi connectivity index (χ2n) is 5.28. The third-order valence-electron chi connectivity index (χ3n) is 2.38. The van der Waals surface area contributed by atoms with Gasteiger partial charge in [0.05, 0.1) is 5.92 Å². The van der Waals surface area contributed by atoms with E-state index in [9.17, 15) is 9.90 Å². The van der Waals surface area contributed by atoms with E-state index in [0.29, 0.717) is 12.3 Å². The van der Waals surface area contributed by atoms with Crippen LogP contribution in [-0.2, 0) is 4.79 Å². The van der Waals surface area contributed by atoms with Crippen molar-refractivity contribution >= 4 is 5.91 Å². The Hall–Kier alpha value is -0.610. The standard InChI is InChI=1S/C12H26N2O2/c1-8(2)7-10(12(16)14(5)6)11(15)13-9(3)4/h8-10,12,16H,7H2,1-6H3,(H,13,15). The van der Waals surface area contributed by atoms with E-state index >= 15 is 0 Å². The smallest absolute Gasteiger partial charge is 0.227 e. The number of nitrogens with one attached hydrogen (secondary N) is 1. The first kappa shape index (κ1) is 15.4. The fourth-order valence-electron chi connectivity index (χ4n) is 1.62. The fourth-order valence-corrected chi connectivity index (χ4v) is 1.62. The van der Waals surface area contributed by atoms with E-state index in [0.717, 1.165) is 0 Å². The van der Waals surface area contributed by atoms with Crippen molar-refractivity contribution in [3.8, 4) is 0 Å². The van der Waals surface area contributed by atoms with Gasteiger partial charge >= 0.3 is 0 Å². The molecule has 0 aliphatic heterocycles. The molecule has 0 heterocycles. The van der Waals surface area contributed by atoms with E-state index in [-0.39, 0.29) is 17.9 Å². The zero-order chi connectivity index (χ0) is 12.9. The van der Waals surface area contributed by atoms with Crippen molar-refractivity contribution in [2.75, 3.05) is 14.1 Å². The molecule has 1 amide bonds. The number of rotatable bonds is 6. The average Bonchev–Trinajstić information content (AvgIpc) is 2.11. The van der Waals surface area contributed by atoms with Crippen LogP contribution in [0.15, 0.2) is 0 Å². The molecule has 0 bridgehead atoms. The van der Waals surface area contributed by atoms with E-state index in [1.54, 1.807) is 19.0 Å². The van der Waals surface area contributed by atoms with Gasteiger partial charge in [-0.1, -0.05) is 13.8 Å². The summed E-state index contributed by atoms with van der Waals surface area (Å²) in [5.74, 6) is -0.0418. The minimum absolute atomic E-state index is 0.0649. The van der Waals surface area contributed by atoms with Gasteiger partial charge in [-0.05, 0) is 40.3 Å². The Kier molecular flexibility index (Phi) is 6.60. The monoisotopic (exact) mass is 230 g/mol. The Bertz CT molecular complexity index is 215. The number of nitrogens with zero attached hydrogens (tertiary/aromatic N) is 1. The van der Waals surface area contributed by atoms with Crippen LogP contribution < -0.4 is 5.32 Å². The number of amides is 1. The predicted molar refractivity (Wildman–Crippen MR) is 65.9 cm³/mol. The summed E-state index contributed by atoms with van der Waals surface area (Å²) in [6.45, 7) is 7.95. The minimum atomic E-state index is -0.721. The van der Waals surface area contributed by atoms with Gasteiger partial charge in [-0.15, -0.1) is 0 Å². The van der Waals surface area contributed by atoms with Crippen molar-refractivity contribution in [2.45, 2.75) is 46.4 Å². The molecule has 0 aromatic heterocycles. The lowest BCUT2D eigenvalue weighted by Gasteiger charge is -2.29. The van der Waals surface area contributed by atoms with Crippen LogP contribution in [-0.4, -0.2) is 42.3 Å². The van der Waals surface area contributed by atoms with Gasteiger partial charge in [-0.3, -0.25) is 9.69 Å². The van der Waals surface area contributed by atoms with Gasteiger partial charge in [-0.25, -0.2) is 0 Å². The van der Waals surface area contributed by atoms with Crippen LogP contribution in [0, 0.1) is 11.8 Å². The maximum atomic E-state index is 11.9. The summed E-state index contributed by atoms with van der Waals surface area (Å²) in [4.78, 5) is 13.6. The number of hydrogen-bond acceptors (Lipinski definition) is 3. The molecule has 0 fully saturated rings. The van der Waals surface area contributed by atoms with Gasteiger partial charge in [-0.2, -0.15) is 0 Å². The average molecular weight is 230 g/mol. The van der Waals surface area contributed by atoms with Crippen molar-refractivity contribution in [3.63, 3.8) is 0 Å². The zero-order valence-electron chi connectivity index (χ0n) is 11.3. The second-order valence-corrected chi connectivity index (χ2v) is 5.28. The highest BCUT2D eigenvalue weighted by Gasteiger charge is 2.29. The van der Waals surface area contributed by atoms with Gasteiger partial charge in [0.25, 0.3) is 0 Å². The second kappa shape index (κ2) is 6.86. The highest BCUT2D eigenvalue weighted by molar-refractivity contribution is 5.79. The largest absolute Gasteiger partial charge is 0.378 e. The Morgan fingerprint density at radius 3 is 2.06 bits per heavy atom. The molecular formula is C12H26N2O2. The summed E-state index contributed by atoms with van der Waals surface area (Å²) in [6, 6.07) is 0.108. The molecule has 16 heavy (non-hydrogen) atoms. The lowest BCUT2D eigenvalue weighted by Crippen LogP contribution is -2.46. The van der Waals surface area contributed by atoms with Gasteiger partial charge < -0.3 is 10.4 Å². The quantitative estimate of drug-likeness (QED) is 0.671. The number of carbonyl (C=O) groups is 1. The number of hydrogen-bond donors (Lipinski definition) is 2. The highest BCUT2D eigenvalue weighted by Crippen LogP contribution is 2.17. The number of carbonyl (C=O) groups excluding carboxylic acids is 1. The highest BCUT2D eigenvalue weighted by atomic mass is 16.3. The van der Waals surface area contributed by atoms with Gasteiger partial charge in [0.15, 0.2) is 0 Å². The van der Waals surface area contributed by atoms with Crippen LogP contribution in [0.1, 0.15) is 34.1 Å². The molecule has 0 rings (SSSR count). The first-order chi connectivity index (χ1) is 7.25. The van der Waals surface area contributed by atoms with E-state index < -0.39 is 6.23 Å². The first-order valence-corrected chi connectivity index (χ1v) is 5.90. The minimum Gasteiger partial charge on any atom is -0.378 e. The summed E-state index contributed by atoms with van der Waals surface area (Å²) in [6.07, 6.45) is -0.0288. The molecule has 0 radical (unpaired) electrons. The molecule has 2 unspecified atom stereocenters. The third kappa shape index (κ3) is 5.47. The van der Waals surface area contributed by atoms with Crippen molar-refractivity contribution in [2.24, 2.45) is 11.8 Å². The van der Waals surface area contributed by atoms with Crippen molar-refractivity contribution < 1.29 is 9.90 Å². The normalized spacial score (nSPS) is 15.6. The third-order valence-corrected chi connectivity index (χ3v) is 2.38. The molecule has 2 N–H and O–H groups in total. The molecule has 0 aliphatic rings. The molecule has 0 aliphatic carbocycles. The van der Waals surface area contributed by atoms with Crippen LogP contribution in [0.3, 0.4) is 0 Å². The molecule has 0 spiro atoms. The lowest BCUT2D eigenvalue weighted by atomic mass is 9.94. The van der Waals surface area contributed by atoms with E-state index in [1.807, 2.05) is 13.8 Å². The van der Waals surface area contributed by atoms with Crippen LogP contribution in [0.4, 0.5) is 0 Å². The SMILES string of the molecule is CC(C)CC(C(=O)NC(C)C)C(O)N(C)C. The van der Waals surface area contributed by atoms with Gasteiger partial charge in [0.2, 0.25) is 5.91 Å². The molecule has 4 heteroatoms. The molecule has 4 nitrogen and oxygen atoms in total. The summed E-state index contributed by atoms with van der Waals surface area (Å²) in [5.41, 5.74) is 0. The Morgan fingerprint density at radius 2 is 1.75 bits per heavy atom. The summed E-state index contributed by atoms with van der Waals surface area (Å²) >= 11 is 0. The molecular weight excluding hydrogens is 204 g/mol. The number of aliphatic hydroxyl groups is 1. The molecule has 0 saturated carbocycles. The molecule has 0 aromatic rings. The molecule has 2 atom stereocenters. The van der Waals surface area contributed by atoms with Crippen LogP contribution in [0.5, 0.6) is 0 Å². The first-order valence-electron chi connectivity index (χ1n) is 5.90. The molecule has 96 valence electrons. The van der Waals surface area contributed by atoms with Crippen LogP contribution >= 0.6 is 0 Å². The molecule has 0 aromatic carbocycles. The van der Waals surface area contributed by atoms with Gasteiger partial charge in [0.1, 0.15) is 6.23 Å². The lowest BCUT2D eigenvalue weighted by molar-refractivity contribution is -0.134. The Labute approximate surface area is 99.0 Å². The van der Waals surface area contributed by atoms with Gasteiger partial charge in [0, 0.05) is 6.04 Å². The van der Waals surface area contributed by atoms with E-state index in [1.165, 1.54) is 0 Å². The van der Waals surface area contributed by atoms with Crippen LogP contribution in [0.2, 0.25) is 0 Å². The maximum Gasteiger partial charge on any atom is 0.227 e. The topological polar surface area (TPSA) is 52.6 Å². The van der Waals surface area contributed by atoms with E-state index in [2.05, 4.69) is 19.2 Å². The van der Waals surface area contributed by atoms with Crippen LogP contribution in [0.25, 0.3) is 0 Å². The summed E-state index contributed by atoms with van der Waals surface area (Å²) in [7, 11) is 3.56. The maximum absolute atomic E-state index is 11.9. The van der Waals surface area contributed by atoms with E-state index in [4.69, 9.17) is 0 Å². The Morgan fingerprint density at radius 1 is 1.25 bits per heavy atom. The van der Waals surface area contributed by atoms with Crippen molar-refractivity contribution in [1.82, 2.24) is 10.2 Å². The van der Waals surface area contributed by atoms with Crippen molar-refractivity contribution in [3.05, 3.63) is 0 Å². The summed E-state index contributed by atoms with van der Waals surface area (Å²) in [5, 5.41) is 12.8. The summed E-state index contributed by atoms with van der Waals surface area (Å²) < 4.78 is 0. The van der Waals surface area contributed by atoms with Crippen molar-refractivity contribution in [1.29, 1.82) is 0 Å². The Balaban J connectivity index is 4.59.